The van der Waals surface area contributed by atoms with E-state index in [-0.39, 0.29) is 17.9 Å². The maximum atomic E-state index is 13.5. The largest absolute Gasteiger partial charge is 0.339 e. The highest BCUT2D eigenvalue weighted by atomic mass is 32.1. The lowest BCUT2D eigenvalue weighted by Gasteiger charge is -2.29. The number of carbonyl (C=O) groups excluding carboxylic acids is 2. The molecule has 28 heavy (non-hydrogen) atoms. The number of likely N-dealkylation sites (N-methyl/N-ethyl adjacent to an activating group) is 1. The first kappa shape index (κ1) is 18.9. The van der Waals surface area contributed by atoms with Crippen LogP contribution in [0, 0.1) is 0 Å². The van der Waals surface area contributed by atoms with Crippen LogP contribution in [0.2, 0.25) is 0 Å². The lowest BCUT2D eigenvalue weighted by molar-refractivity contribution is -0.140. The van der Waals surface area contributed by atoms with Gasteiger partial charge in [0.05, 0.1) is 5.57 Å². The third kappa shape index (κ3) is 3.51. The van der Waals surface area contributed by atoms with Crippen LogP contribution in [-0.2, 0) is 9.59 Å². The van der Waals surface area contributed by atoms with Gasteiger partial charge in [0.25, 0.3) is 11.8 Å². The predicted molar refractivity (Wildman–Crippen MR) is 114 cm³/mol. The number of carbonyl (C=O) groups is 2. The average molecular weight is 395 g/mol. The summed E-state index contributed by atoms with van der Waals surface area (Å²) in [5, 5.41) is 1.96. The monoisotopic (exact) mass is 394 g/mol. The van der Waals surface area contributed by atoms with Crippen LogP contribution in [0.25, 0.3) is 5.57 Å². The lowest BCUT2D eigenvalue weighted by atomic mass is 9.95. The molecule has 0 atom stereocenters. The number of anilines is 1. The summed E-state index contributed by atoms with van der Waals surface area (Å²) in [5.41, 5.74) is 1.96. The van der Waals surface area contributed by atoms with Crippen LogP contribution in [0.1, 0.15) is 49.8 Å². The lowest BCUT2D eigenvalue weighted by Crippen LogP contribution is -2.42. The van der Waals surface area contributed by atoms with E-state index in [0.29, 0.717) is 11.3 Å². The summed E-state index contributed by atoms with van der Waals surface area (Å²) in [7, 11) is 1.88. The molecular weight excluding hydrogens is 368 g/mol. The molecule has 0 N–H and O–H groups in total. The van der Waals surface area contributed by atoms with Gasteiger partial charge in [-0.15, -0.1) is 11.3 Å². The summed E-state index contributed by atoms with van der Waals surface area (Å²) in [6.45, 7) is 0. The summed E-state index contributed by atoms with van der Waals surface area (Å²) < 4.78 is 0. The molecule has 0 bridgehead atoms. The number of imide groups is 1. The highest BCUT2D eigenvalue weighted by molar-refractivity contribution is 7.11. The quantitative estimate of drug-likeness (QED) is 0.679. The van der Waals surface area contributed by atoms with Crippen LogP contribution in [0.15, 0.2) is 53.5 Å². The molecule has 0 unspecified atom stereocenters. The Labute approximate surface area is 170 Å². The molecule has 0 saturated heterocycles. The van der Waals surface area contributed by atoms with E-state index in [9.17, 15) is 9.59 Å². The Balaban J connectivity index is 1.73. The van der Waals surface area contributed by atoms with Crippen molar-refractivity contribution in [3.63, 3.8) is 0 Å². The van der Waals surface area contributed by atoms with Crippen molar-refractivity contribution in [3.05, 3.63) is 58.4 Å². The minimum Gasteiger partial charge on any atom is -0.339 e. The first-order valence-electron chi connectivity index (χ1n) is 10.1. The number of rotatable bonds is 4. The van der Waals surface area contributed by atoms with Gasteiger partial charge in [0.1, 0.15) is 5.70 Å². The topological polar surface area (TPSA) is 40.6 Å². The van der Waals surface area contributed by atoms with Gasteiger partial charge < -0.3 is 4.90 Å². The van der Waals surface area contributed by atoms with Crippen molar-refractivity contribution in [2.24, 2.45) is 0 Å². The van der Waals surface area contributed by atoms with Gasteiger partial charge in [-0.2, -0.15) is 0 Å². The molecular formula is C23H26N2O2S. The van der Waals surface area contributed by atoms with Crippen molar-refractivity contribution in [2.45, 2.75) is 51.0 Å². The van der Waals surface area contributed by atoms with Crippen molar-refractivity contribution in [1.82, 2.24) is 4.90 Å². The minimum atomic E-state index is -0.148. The van der Waals surface area contributed by atoms with Gasteiger partial charge in [0.2, 0.25) is 0 Å². The second kappa shape index (κ2) is 8.31. The normalized spacial score (nSPS) is 19.1. The fourth-order valence-corrected chi connectivity index (χ4v) is 5.06. The first-order chi connectivity index (χ1) is 13.7. The van der Waals surface area contributed by atoms with Gasteiger partial charge in [0.15, 0.2) is 0 Å². The van der Waals surface area contributed by atoms with Gasteiger partial charge in [0, 0.05) is 23.7 Å². The molecule has 1 aliphatic carbocycles. The fraction of sp³-hybridized carbons (Fsp3) is 0.391. The predicted octanol–water partition coefficient (Wildman–Crippen LogP) is 5.08. The number of benzene rings is 1. The molecule has 1 aromatic heterocycles. The molecule has 4 nitrogen and oxygen atoms in total. The van der Waals surface area contributed by atoms with Gasteiger partial charge >= 0.3 is 0 Å². The molecule has 1 aromatic carbocycles. The molecule has 0 radical (unpaired) electrons. The van der Waals surface area contributed by atoms with E-state index in [1.165, 1.54) is 30.6 Å². The molecule has 1 aliphatic heterocycles. The Bertz CT molecular complexity index is 865. The second-order valence-electron chi connectivity index (χ2n) is 7.57. The number of para-hydroxylation sites is 1. The number of hydrogen-bond acceptors (Lipinski definition) is 4. The van der Waals surface area contributed by atoms with Crippen LogP contribution in [0.4, 0.5) is 5.69 Å². The smallest absolute Gasteiger partial charge is 0.278 e. The summed E-state index contributed by atoms with van der Waals surface area (Å²) in [6, 6.07) is 13.7. The Morgan fingerprint density at radius 1 is 0.893 bits per heavy atom. The summed E-state index contributed by atoms with van der Waals surface area (Å²) >= 11 is 1.51. The minimum absolute atomic E-state index is 0.0111. The third-order valence-electron chi connectivity index (χ3n) is 5.78. The van der Waals surface area contributed by atoms with E-state index in [4.69, 9.17) is 0 Å². The molecule has 146 valence electrons. The van der Waals surface area contributed by atoms with E-state index >= 15 is 0 Å². The van der Waals surface area contributed by atoms with Crippen LogP contribution in [-0.4, -0.2) is 29.8 Å². The summed E-state index contributed by atoms with van der Waals surface area (Å²) in [5.74, 6) is -0.277. The van der Waals surface area contributed by atoms with Crippen LogP contribution < -0.4 is 4.90 Å². The van der Waals surface area contributed by atoms with Crippen LogP contribution >= 0.6 is 11.3 Å². The number of amides is 2. The molecule has 1 saturated carbocycles. The molecule has 4 rings (SSSR count). The van der Waals surface area contributed by atoms with Crippen molar-refractivity contribution in [1.29, 1.82) is 0 Å². The SMILES string of the molecule is CN(C1=C(c2cccs2)C(=O)N(C2CCCCCCC2)C1=O)c1ccccc1. The van der Waals surface area contributed by atoms with E-state index in [0.717, 1.165) is 36.2 Å². The second-order valence-corrected chi connectivity index (χ2v) is 8.52. The fourth-order valence-electron chi connectivity index (χ4n) is 4.29. The Hall–Kier alpha value is -2.40. The van der Waals surface area contributed by atoms with E-state index < -0.39 is 0 Å². The van der Waals surface area contributed by atoms with Crippen LogP contribution in [0.3, 0.4) is 0 Å². The summed E-state index contributed by atoms with van der Waals surface area (Å²) in [6.07, 6.45) is 7.63. The highest BCUT2D eigenvalue weighted by Crippen LogP contribution is 2.38. The maximum absolute atomic E-state index is 13.5. The number of hydrogen-bond donors (Lipinski definition) is 0. The van der Waals surface area contributed by atoms with E-state index in [1.54, 1.807) is 4.90 Å². The molecule has 0 spiro atoms. The average Bonchev–Trinajstić information content (AvgIpc) is 3.29. The highest BCUT2D eigenvalue weighted by Gasteiger charge is 2.44. The Morgan fingerprint density at radius 3 is 2.21 bits per heavy atom. The first-order valence-corrected chi connectivity index (χ1v) is 11.0. The zero-order chi connectivity index (χ0) is 19.5. The zero-order valence-corrected chi connectivity index (χ0v) is 17.1. The number of nitrogens with zero attached hydrogens (tertiary/aromatic N) is 2. The Morgan fingerprint density at radius 2 is 1.57 bits per heavy atom. The Kier molecular flexibility index (Phi) is 5.62. The van der Waals surface area contributed by atoms with Gasteiger partial charge in [-0.3, -0.25) is 14.5 Å². The van der Waals surface area contributed by atoms with Gasteiger partial charge in [-0.05, 0) is 36.4 Å². The van der Waals surface area contributed by atoms with Crippen molar-refractivity contribution < 1.29 is 9.59 Å². The molecule has 2 aliphatic rings. The standard InChI is InChI=1S/C23H26N2O2S/c1-24(17-11-8-5-9-12-17)21-20(19-15-10-16-28-19)22(26)25(23(21)27)18-13-6-3-2-4-7-14-18/h5,8-12,15-16,18H,2-4,6-7,13-14H2,1H3. The molecule has 2 heterocycles. The zero-order valence-electron chi connectivity index (χ0n) is 16.3. The maximum Gasteiger partial charge on any atom is 0.278 e. The number of thiophene rings is 1. The van der Waals surface area contributed by atoms with E-state index in [1.807, 2.05) is 59.8 Å². The molecule has 5 heteroatoms. The molecule has 2 aromatic rings. The van der Waals surface area contributed by atoms with Crippen LogP contribution in [0.5, 0.6) is 0 Å². The molecule has 1 fully saturated rings. The third-order valence-corrected chi connectivity index (χ3v) is 6.66. The van der Waals surface area contributed by atoms with Gasteiger partial charge in [-0.1, -0.05) is 56.4 Å². The van der Waals surface area contributed by atoms with Crippen molar-refractivity contribution in [2.75, 3.05) is 11.9 Å². The van der Waals surface area contributed by atoms with Crippen molar-refractivity contribution >= 4 is 34.4 Å². The van der Waals surface area contributed by atoms with Crippen molar-refractivity contribution in [3.8, 4) is 0 Å². The molecule has 2 amide bonds. The summed E-state index contributed by atoms with van der Waals surface area (Å²) in [4.78, 5) is 31.3. The van der Waals surface area contributed by atoms with Gasteiger partial charge in [-0.25, -0.2) is 0 Å². The van der Waals surface area contributed by atoms with E-state index in [2.05, 4.69) is 0 Å².